The minimum absolute atomic E-state index is 0.122. The maximum atomic E-state index is 11.4. The third kappa shape index (κ3) is 3.44. The van der Waals surface area contributed by atoms with Gasteiger partial charge in [0.1, 0.15) is 0 Å². The third-order valence-electron chi connectivity index (χ3n) is 3.54. The van der Waals surface area contributed by atoms with Crippen molar-refractivity contribution in [2.75, 3.05) is 11.9 Å². The van der Waals surface area contributed by atoms with Gasteiger partial charge in [0.15, 0.2) is 9.34 Å². The summed E-state index contributed by atoms with van der Waals surface area (Å²) in [6, 6.07) is 0.154. The molecule has 1 heterocycles. The van der Waals surface area contributed by atoms with Crippen LogP contribution in [0.15, 0.2) is 4.21 Å². The molecule has 5 N–H and O–H groups in total. The number of rotatable bonds is 5. The Hall–Kier alpha value is -0.700. The van der Waals surface area contributed by atoms with E-state index in [1.54, 1.807) is 6.92 Å². The number of anilines is 1. The first-order valence-electron chi connectivity index (χ1n) is 6.38. The number of hydrogen-bond donors (Lipinski definition) is 3. The molecule has 0 aromatic carbocycles. The summed E-state index contributed by atoms with van der Waals surface area (Å²) in [6.45, 7) is 2.17. The Morgan fingerprint density at radius 3 is 2.58 bits per heavy atom. The van der Waals surface area contributed by atoms with Crippen LogP contribution in [0.4, 0.5) is 5.13 Å². The van der Waals surface area contributed by atoms with E-state index < -0.39 is 10.0 Å². The van der Waals surface area contributed by atoms with Gasteiger partial charge in [-0.1, -0.05) is 24.2 Å². The summed E-state index contributed by atoms with van der Waals surface area (Å²) in [7, 11) is -3.69. The Balaban J connectivity index is 2.14. The fraction of sp³-hybridized carbons (Fsp3) is 0.727. The molecule has 1 saturated carbocycles. The van der Waals surface area contributed by atoms with Crippen LogP contribution in [0.2, 0.25) is 0 Å². The molecular weight excluding hydrogens is 284 g/mol. The predicted molar refractivity (Wildman–Crippen MR) is 76.6 cm³/mol. The van der Waals surface area contributed by atoms with E-state index >= 15 is 0 Å². The second-order valence-electron chi connectivity index (χ2n) is 4.97. The van der Waals surface area contributed by atoms with Crippen LogP contribution < -0.4 is 16.2 Å². The largest absolute Gasteiger partial charge is 0.357 e. The lowest BCUT2D eigenvalue weighted by Gasteiger charge is -2.22. The van der Waals surface area contributed by atoms with Crippen LogP contribution >= 0.6 is 11.3 Å². The van der Waals surface area contributed by atoms with E-state index in [2.05, 4.69) is 10.3 Å². The molecule has 0 bridgehead atoms. The van der Waals surface area contributed by atoms with Crippen molar-refractivity contribution in [3.8, 4) is 0 Å². The first-order chi connectivity index (χ1) is 8.91. The minimum Gasteiger partial charge on any atom is -0.357 e. The summed E-state index contributed by atoms with van der Waals surface area (Å²) in [5.41, 5.74) is 6.24. The standard InChI is InChI=1S/C11H20N4O2S2/c1-7-10(19(13,16)17)18-11(14-7)15-9(6-12)8-4-2-3-5-8/h8-9H,2-6,12H2,1H3,(H,14,15)(H2,13,16,17). The first kappa shape index (κ1) is 14.7. The monoisotopic (exact) mass is 304 g/mol. The molecule has 6 nitrogen and oxygen atoms in total. The Morgan fingerprint density at radius 1 is 1.47 bits per heavy atom. The van der Waals surface area contributed by atoms with Gasteiger partial charge in [0, 0.05) is 12.6 Å². The van der Waals surface area contributed by atoms with Crippen molar-refractivity contribution >= 4 is 26.5 Å². The van der Waals surface area contributed by atoms with Gasteiger partial charge in [-0.25, -0.2) is 18.5 Å². The van der Waals surface area contributed by atoms with Crippen LogP contribution in [-0.2, 0) is 10.0 Å². The zero-order valence-electron chi connectivity index (χ0n) is 10.9. The maximum Gasteiger partial charge on any atom is 0.249 e. The molecule has 1 aliphatic rings. The second kappa shape index (κ2) is 5.74. The highest BCUT2D eigenvalue weighted by atomic mass is 32.2. The van der Waals surface area contributed by atoms with Gasteiger partial charge in [0.05, 0.1) is 5.69 Å². The molecule has 0 saturated heterocycles. The van der Waals surface area contributed by atoms with E-state index in [9.17, 15) is 8.42 Å². The van der Waals surface area contributed by atoms with Gasteiger partial charge in [-0.2, -0.15) is 0 Å². The quantitative estimate of drug-likeness (QED) is 0.752. The Labute approximate surface area is 117 Å². The smallest absolute Gasteiger partial charge is 0.249 e. The highest BCUT2D eigenvalue weighted by Gasteiger charge is 2.25. The Morgan fingerprint density at radius 2 is 2.11 bits per heavy atom. The maximum absolute atomic E-state index is 11.4. The van der Waals surface area contributed by atoms with Crippen LogP contribution in [0.5, 0.6) is 0 Å². The Bertz CT molecular complexity index is 535. The predicted octanol–water partition coefficient (Wildman–Crippen LogP) is 1.03. The first-order valence-corrected chi connectivity index (χ1v) is 8.75. The third-order valence-corrected chi connectivity index (χ3v) is 6.19. The van der Waals surface area contributed by atoms with Crippen molar-refractivity contribution in [3.63, 3.8) is 0 Å². The number of sulfonamides is 1. The lowest BCUT2D eigenvalue weighted by Crippen LogP contribution is -2.35. The van der Waals surface area contributed by atoms with E-state index in [0.29, 0.717) is 23.3 Å². The fourth-order valence-electron chi connectivity index (χ4n) is 2.60. The summed E-state index contributed by atoms with van der Waals surface area (Å²) >= 11 is 1.08. The van der Waals surface area contributed by atoms with E-state index in [0.717, 1.165) is 11.3 Å². The van der Waals surface area contributed by atoms with Gasteiger partial charge in [0.2, 0.25) is 10.0 Å². The molecule has 0 amide bonds. The molecule has 108 valence electrons. The average molecular weight is 304 g/mol. The highest BCUT2D eigenvalue weighted by molar-refractivity contribution is 7.91. The summed E-state index contributed by atoms with van der Waals surface area (Å²) in [5, 5.41) is 9.00. The van der Waals surface area contributed by atoms with Crippen molar-refractivity contribution in [2.24, 2.45) is 16.8 Å². The normalized spacial score (nSPS) is 18.7. The van der Waals surface area contributed by atoms with Crippen molar-refractivity contribution < 1.29 is 8.42 Å². The number of aromatic nitrogens is 1. The number of primary sulfonamides is 1. The molecule has 0 radical (unpaired) electrons. The minimum atomic E-state index is -3.69. The fourth-order valence-corrected chi connectivity index (χ4v) is 4.52. The van der Waals surface area contributed by atoms with Gasteiger partial charge in [-0.15, -0.1) is 0 Å². The SMILES string of the molecule is Cc1nc(NC(CN)C2CCCC2)sc1S(N)(=O)=O. The number of aryl methyl sites for hydroxylation is 1. The molecule has 2 rings (SSSR count). The zero-order chi connectivity index (χ0) is 14.0. The van der Waals surface area contributed by atoms with Gasteiger partial charge in [0.25, 0.3) is 0 Å². The highest BCUT2D eigenvalue weighted by Crippen LogP contribution is 2.31. The second-order valence-corrected chi connectivity index (χ2v) is 7.72. The van der Waals surface area contributed by atoms with Crippen LogP contribution in [0.25, 0.3) is 0 Å². The number of nitrogens with one attached hydrogen (secondary N) is 1. The number of nitrogens with two attached hydrogens (primary N) is 2. The molecule has 1 aromatic heterocycles. The van der Waals surface area contributed by atoms with E-state index in [4.69, 9.17) is 10.9 Å². The van der Waals surface area contributed by atoms with Gasteiger partial charge in [-0.05, 0) is 25.7 Å². The van der Waals surface area contributed by atoms with Crippen molar-refractivity contribution in [3.05, 3.63) is 5.69 Å². The van der Waals surface area contributed by atoms with Crippen molar-refractivity contribution in [1.82, 2.24) is 4.98 Å². The van der Waals surface area contributed by atoms with Crippen LogP contribution in [0.1, 0.15) is 31.4 Å². The molecule has 8 heteroatoms. The Kier molecular flexibility index (Phi) is 4.44. The summed E-state index contributed by atoms with van der Waals surface area (Å²) in [4.78, 5) is 4.23. The average Bonchev–Trinajstić information content (AvgIpc) is 2.94. The van der Waals surface area contributed by atoms with Crippen molar-refractivity contribution in [2.45, 2.75) is 42.9 Å². The van der Waals surface area contributed by atoms with Crippen LogP contribution in [0, 0.1) is 12.8 Å². The number of hydrogen-bond acceptors (Lipinski definition) is 6. The molecule has 1 aliphatic carbocycles. The molecular formula is C11H20N4O2S2. The summed E-state index contributed by atoms with van der Waals surface area (Å²) in [5.74, 6) is 0.548. The number of nitrogens with zero attached hydrogens (tertiary/aromatic N) is 1. The van der Waals surface area contributed by atoms with Gasteiger partial charge in [-0.3, -0.25) is 0 Å². The molecule has 0 aliphatic heterocycles. The topological polar surface area (TPSA) is 111 Å². The summed E-state index contributed by atoms with van der Waals surface area (Å²) in [6.07, 6.45) is 4.81. The number of thiazole rings is 1. The van der Waals surface area contributed by atoms with E-state index in [1.165, 1.54) is 25.7 Å². The van der Waals surface area contributed by atoms with Gasteiger partial charge >= 0.3 is 0 Å². The molecule has 1 atom stereocenters. The summed E-state index contributed by atoms with van der Waals surface area (Å²) < 4.78 is 22.9. The van der Waals surface area contributed by atoms with Crippen molar-refractivity contribution in [1.29, 1.82) is 0 Å². The van der Waals surface area contributed by atoms with Crippen LogP contribution in [-0.4, -0.2) is 26.0 Å². The molecule has 1 unspecified atom stereocenters. The van der Waals surface area contributed by atoms with Crippen LogP contribution in [0.3, 0.4) is 0 Å². The lowest BCUT2D eigenvalue weighted by atomic mass is 9.98. The van der Waals surface area contributed by atoms with Gasteiger partial charge < -0.3 is 11.1 Å². The lowest BCUT2D eigenvalue weighted by molar-refractivity contribution is 0.462. The molecule has 19 heavy (non-hydrogen) atoms. The van der Waals surface area contributed by atoms with E-state index in [1.807, 2.05) is 0 Å². The molecule has 1 fully saturated rings. The molecule has 0 spiro atoms. The van der Waals surface area contributed by atoms with E-state index in [-0.39, 0.29) is 10.3 Å². The molecule has 1 aromatic rings. The zero-order valence-corrected chi connectivity index (χ0v) is 12.6.